The number of amides is 1. The van der Waals surface area contributed by atoms with E-state index in [0.29, 0.717) is 55.5 Å². The van der Waals surface area contributed by atoms with Crippen LogP contribution in [0.4, 0.5) is 0 Å². The molecule has 1 aromatic carbocycles. The molecule has 0 spiro atoms. The topological polar surface area (TPSA) is 133 Å². The normalized spacial score (nSPS) is 12.8. The maximum atomic E-state index is 12.9. The standard InChI is InChI=1S/C21H21N5O6S/c1-9(2)26-19-11(6-23-26)14(18-20(24-19)25(7-13(22)27)21(28)33-18)10-5-12(29-3)16-17(15(10)30-4)32-8-31-16/h5-6,9H,7-8H2,1-4H3,(H2,22,27). The zero-order valence-electron chi connectivity index (χ0n) is 18.4. The minimum atomic E-state index is -0.639. The Morgan fingerprint density at radius 1 is 1.24 bits per heavy atom. The van der Waals surface area contributed by atoms with Crippen LogP contribution < -0.4 is 29.6 Å². The zero-order valence-corrected chi connectivity index (χ0v) is 19.2. The second-order valence-corrected chi connectivity index (χ2v) is 8.67. The average Bonchev–Trinajstić information content (AvgIpc) is 3.49. The first kappa shape index (κ1) is 21.1. The van der Waals surface area contributed by atoms with Crippen molar-refractivity contribution in [2.24, 2.45) is 5.73 Å². The lowest BCUT2D eigenvalue weighted by Crippen LogP contribution is -2.24. The van der Waals surface area contributed by atoms with Gasteiger partial charge in [-0.15, -0.1) is 0 Å². The van der Waals surface area contributed by atoms with Crippen LogP contribution in [0.15, 0.2) is 17.1 Å². The van der Waals surface area contributed by atoms with Crippen molar-refractivity contribution in [1.82, 2.24) is 19.3 Å². The van der Waals surface area contributed by atoms with Crippen LogP contribution in [0.5, 0.6) is 23.0 Å². The van der Waals surface area contributed by atoms with E-state index in [4.69, 9.17) is 29.7 Å². The fourth-order valence-electron chi connectivity index (χ4n) is 4.03. The molecule has 0 bridgehead atoms. The Hall–Kier alpha value is -3.80. The summed E-state index contributed by atoms with van der Waals surface area (Å²) in [4.78, 5) is 28.9. The van der Waals surface area contributed by atoms with Gasteiger partial charge in [-0.1, -0.05) is 11.3 Å². The van der Waals surface area contributed by atoms with E-state index in [0.717, 1.165) is 11.3 Å². The summed E-state index contributed by atoms with van der Waals surface area (Å²) in [6.45, 7) is 3.70. The molecular formula is C21H21N5O6S. The third-order valence-corrected chi connectivity index (χ3v) is 6.39. The number of nitrogens with zero attached hydrogens (tertiary/aromatic N) is 4. The van der Waals surface area contributed by atoms with Gasteiger partial charge in [-0.3, -0.25) is 14.2 Å². The smallest absolute Gasteiger partial charge is 0.309 e. The van der Waals surface area contributed by atoms with E-state index < -0.39 is 5.91 Å². The van der Waals surface area contributed by atoms with Crippen LogP contribution in [0, 0.1) is 0 Å². The summed E-state index contributed by atoms with van der Waals surface area (Å²) in [5, 5.41) is 5.23. The Bertz CT molecular complexity index is 1480. The molecule has 12 heteroatoms. The quantitative estimate of drug-likeness (QED) is 0.453. The van der Waals surface area contributed by atoms with Crippen LogP contribution in [-0.4, -0.2) is 46.3 Å². The van der Waals surface area contributed by atoms with Crippen LogP contribution >= 0.6 is 11.3 Å². The summed E-state index contributed by atoms with van der Waals surface area (Å²) in [6.07, 6.45) is 1.70. The van der Waals surface area contributed by atoms with Gasteiger partial charge in [0, 0.05) is 22.6 Å². The van der Waals surface area contributed by atoms with Crippen molar-refractivity contribution in [3.8, 4) is 34.1 Å². The van der Waals surface area contributed by atoms with E-state index in [1.54, 1.807) is 16.9 Å². The first-order valence-corrected chi connectivity index (χ1v) is 10.9. The number of carbonyl (C=O) groups is 1. The Balaban J connectivity index is 1.96. The minimum Gasteiger partial charge on any atom is -0.493 e. The summed E-state index contributed by atoms with van der Waals surface area (Å²) in [6, 6.07) is 1.78. The van der Waals surface area contributed by atoms with E-state index in [-0.39, 0.29) is 24.3 Å². The predicted octanol–water partition coefficient (Wildman–Crippen LogP) is 2.29. The molecule has 0 atom stereocenters. The molecule has 1 aliphatic heterocycles. The monoisotopic (exact) mass is 471 g/mol. The molecule has 11 nitrogen and oxygen atoms in total. The molecule has 33 heavy (non-hydrogen) atoms. The van der Waals surface area contributed by atoms with Gasteiger partial charge in [0.1, 0.15) is 6.54 Å². The van der Waals surface area contributed by atoms with E-state index in [9.17, 15) is 9.59 Å². The van der Waals surface area contributed by atoms with E-state index in [1.165, 1.54) is 18.8 Å². The molecule has 4 heterocycles. The highest BCUT2D eigenvalue weighted by Gasteiger charge is 2.31. The van der Waals surface area contributed by atoms with Crippen molar-refractivity contribution < 1.29 is 23.7 Å². The first-order chi connectivity index (χ1) is 15.8. The molecule has 3 aromatic heterocycles. The number of pyridine rings is 1. The van der Waals surface area contributed by atoms with Crippen molar-refractivity contribution >= 4 is 38.6 Å². The van der Waals surface area contributed by atoms with Gasteiger partial charge in [0.25, 0.3) is 0 Å². The van der Waals surface area contributed by atoms with Crippen LogP contribution in [0.3, 0.4) is 0 Å². The number of hydrogen-bond acceptors (Lipinski definition) is 9. The van der Waals surface area contributed by atoms with Gasteiger partial charge in [0.2, 0.25) is 24.2 Å². The molecule has 172 valence electrons. The largest absolute Gasteiger partial charge is 0.493 e. The van der Waals surface area contributed by atoms with Crippen LogP contribution in [0.1, 0.15) is 19.9 Å². The molecule has 2 N–H and O–H groups in total. The fourth-order valence-corrected chi connectivity index (χ4v) is 5.04. The Morgan fingerprint density at radius 2 is 2.00 bits per heavy atom. The number of fused-ring (bicyclic) bond motifs is 3. The van der Waals surface area contributed by atoms with E-state index in [2.05, 4.69) is 5.10 Å². The molecule has 1 aliphatic rings. The number of aromatic nitrogens is 4. The Morgan fingerprint density at radius 3 is 2.67 bits per heavy atom. The summed E-state index contributed by atoms with van der Waals surface area (Å²) < 4.78 is 26.1. The van der Waals surface area contributed by atoms with Crippen molar-refractivity contribution in [2.75, 3.05) is 21.0 Å². The van der Waals surface area contributed by atoms with Gasteiger partial charge in [-0.25, -0.2) is 9.67 Å². The molecule has 5 rings (SSSR count). The number of rotatable bonds is 6. The van der Waals surface area contributed by atoms with Gasteiger partial charge in [0.15, 0.2) is 22.8 Å². The highest BCUT2D eigenvalue weighted by molar-refractivity contribution is 7.17. The molecule has 0 fully saturated rings. The van der Waals surface area contributed by atoms with Crippen molar-refractivity contribution in [3.05, 3.63) is 21.9 Å². The van der Waals surface area contributed by atoms with Crippen LogP contribution in [0.2, 0.25) is 0 Å². The lowest BCUT2D eigenvalue weighted by Gasteiger charge is -2.16. The number of primary amides is 1. The number of hydrogen-bond donors (Lipinski definition) is 1. The van der Waals surface area contributed by atoms with Gasteiger partial charge >= 0.3 is 4.87 Å². The second kappa shape index (κ2) is 7.66. The van der Waals surface area contributed by atoms with Gasteiger partial charge in [-0.2, -0.15) is 5.10 Å². The Kier molecular flexibility index (Phi) is 4.89. The summed E-state index contributed by atoms with van der Waals surface area (Å²) in [7, 11) is 3.06. The number of benzene rings is 1. The zero-order chi connectivity index (χ0) is 23.4. The van der Waals surface area contributed by atoms with Gasteiger partial charge < -0.3 is 24.7 Å². The Labute approximate surface area is 191 Å². The first-order valence-electron chi connectivity index (χ1n) is 10.1. The fraction of sp³-hybridized carbons (Fsp3) is 0.333. The lowest BCUT2D eigenvalue weighted by molar-refractivity contribution is -0.118. The summed E-state index contributed by atoms with van der Waals surface area (Å²) in [5.41, 5.74) is 7.58. The molecule has 0 aliphatic carbocycles. The third kappa shape index (κ3) is 3.09. The van der Waals surface area contributed by atoms with Crippen molar-refractivity contribution in [2.45, 2.75) is 26.4 Å². The average molecular weight is 471 g/mol. The van der Waals surface area contributed by atoms with Crippen LogP contribution in [0.25, 0.3) is 32.5 Å². The highest BCUT2D eigenvalue weighted by Crippen LogP contribution is 2.54. The lowest BCUT2D eigenvalue weighted by atomic mass is 10.0. The summed E-state index contributed by atoms with van der Waals surface area (Å²) >= 11 is 0.972. The van der Waals surface area contributed by atoms with E-state index in [1.807, 2.05) is 13.8 Å². The van der Waals surface area contributed by atoms with Crippen molar-refractivity contribution in [1.29, 1.82) is 0 Å². The van der Waals surface area contributed by atoms with Gasteiger partial charge in [-0.05, 0) is 19.9 Å². The van der Waals surface area contributed by atoms with Crippen LogP contribution in [-0.2, 0) is 11.3 Å². The number of thiazole rings is 1. The minimum absolute atomic E-state index is 0.00318. The molecule has 0 unspecified atom stereocenters. The maximum absolute atomic E-state index is 12.9. The molecule has 0 saturated heterocycles. The second-order valence-electron chi connectivity index (χ2n) is 7.70. The predicted molar refractivity (Wildman–Crippen MR) is 121 cm³/mol. The number of ether oxygens (including phenoxy) is 4. The molecule has 1 amide bonds. The van der Waals surface area contributed by atoms with E-state index >= 15 is 0 Å². The molecular weight excluding hydrogens is 450 g/mol. The molecule has 0 saturated carbocycles. The molecule has 0 radical (unpaired) electrons. The number of carbonyl (C=O) groups excluding carboxylic acids is 1. The third-order valence-electron chi connectivity index (χ3n) is 5.41. The van der Waals surface area contributed by atoms with Crippen molar-refractivity contribution in [3.63, 3.8) is 0 Å². The number of nitrogens with two attached hydrogens (primary N) is 1. The SMILES string of the molecule is COc1cc(-c2c3cnn(C(C)C)c3nc3c2sc(=O)n3CC(N)=O)c(OC)c2c1OCO2. The number of methoxy groups -OCH3 is 2. The summed E-state index contributed by atoms with van der Waals surface area (Å²) in [5.74, 6) is 1.09. The van der Waals surface area contributed by atoms with Gasteiger partial charge in [0.05, 0.1) is 25.1 Å². The highest BCUT2D eigenvalue weighted by atomic mass is 32.1. The maximum Gasteiger partial charge on any atom is 0.309 e. The molecule has 4 aromatic rings.